The Labute approximate surface area is 185 Å². The van der Waals surface area contributed by atoms with E-state index in [1.807, 2.05) is 41.3 Å². The summed E-state index contributed by atoms with van der Waals surface area (Å²) < 4.78 is 10.6. The monoisotopic (exact) mass is 423 g/mol. The molecule has 1 spiro atoms. The molecule has 6 nitrogen and oxygen atoms in total. The highest BCUT2D eigenvalue weighted by atomic mass is 16.5. The lowest BCUT2D eigenvalue weighted by atomic mass is 9.69. The van der Waals surface area contributed by atoms with Crippen LogP contribution in [0.1, 0.15) is 36.8 Å². The molecule has 2 aliphatic rings. The highest BCUT2D eigenvalue weighted by Gasteiger charge is 2.49. The van der Waals surface area contributed by atoms with Crippen molar-refractivity contribution in [2.75, 3.05) is 34.9 Å². The molecule has 2 aromatic rings. The highest BCUT2D eigenvalue weighted by molar-refractivity contribution is 5.78. The molecule has 1 heterocycles. The molecule has 1 aliphatic carbocycles. The first-order valence-electron chi connectivity index (χ1n) is 10.9. The molecule has 6 heteroatoms. The molecule has 1 N–H and O–H groups in total. The van der Waals surface area contributed by atoms with E-state index in [4.69, 9.17) is 9.47 Å². The van der Waals surface area contributed by atoms with Crippen molar-refractivity contribution in [3.8, 4) is 11.5 Å². The first-order chi connectivity index (χ1) is 14.9. The molecule has 0 aromatic heterocycles. The number of amides is 2. The summed E-state index contributed by atoms with van der Waals surface area (Å²) in [7, 11) is 7.67. The average Bonchev–Trinajstić information content (AvgIpc) is 3.09. The van der Waals surface area contributed by atoms with Gasteiger partial charge in [0.25, 0.3) is 0 Å². The summed E-state index contributed by atoms with van der Waals surface area (Å²) in [6.07, 6.45) is 3.93. The smallest absolute Gasteiger partial charge is 0.318 e. The van der Waals surface area contributed by atoms with Crippen molar-refractivity contribution in [1.82, 2.24) is 15.1 Å². The van der Waals surface area contributed by atoms with Gasteiger partial charge in [-0.05, 0) is 75.2 Å². The summed E-state index contributed by atoms with van der Waals surface area (Å²) in [6, 6.07) is 16.4. The standard InChI is InChI=1S/C25H33N3O3/c1-27(2)25(20-7-11-22(31-4)12-8-20)15-13-24(14-16-25)18-28(23(29)26-24)17-19-5-9-21(30-3)10-6-19/h5-12H,13-18H2,1-4H3,(H,26,29). The number of hydrogen-bond acceptors (Lipinski definition) is 4. The van der Waals surface area contributed by atoms with Gasteiger partial charge in [0.1, 0.15) is 11.5 Å². The maximum absolute atomic E-state index is 12.8. The van der Waals surface area contributed by atoms with E-state index in [0.717, 1.165) is 49.3 Å². The van der Waals surface area contributed by atoms with E-state index < -0.39 is 0 Å². The lowest BCUT2D eigenvalue weighted by Gasteiger charge is -2.48. The predicted molar refractivity (Wildman–Crippen MR) is 121 cm³/mol. The SMILES string of the molecule is COc1ccc(CN2CC3(CCC(c4ccc(OC)cc4)(N(C)C)CC3)NC2=O)cc1. The second kappa shape index (κ2) is 8.42. The van der Waals surface area contributed by atoms with Crippen molar-refractivity contribution in [1.29, 1.82) is 0 Å². The van der Waals surface area contributed by atoms with Crippen molar-refractivity contribution < 1.29 is 14.3 Å². The molecule has 0 atom stereocenters. The third-order valence-corrected chi connectivity index (χ3v) is 7.20. The molecule has 4 rings (SSSR count). The second-order valence-electron chi connectivity index (χ2n) is 9.07. The quantitative estimate of drug-likeness (QED) is 0.763. The van der Waals surface area contributed by atoms with E-state index in [2.05, 4.69) is 36.4 Å². The van der Waals surface area contributed by atoms with Gasteiger partial charge >= 0.3 is 6.03 Å². The number of hydrogen-bond donors (Lipinski definition) is 1. The highest BCUT2D eigenvalue weighted by Crippen LogP contribution is 2.46. The lowest BCUT2D eigenvalue weighted by Crippen LogP contribution is -2.54. The van der Waals surface area contributed by atoms with E-state index >= 15 is 0 Å². The van der Waals surface area contributed by atoms with Crippen molar-refractivity contribution >= 4 is 6.03 Å². The number of carbonyl (C=O) groups excluding carboxylic acids is 1. The zero-order valence-electron chi connectivity index (χ0n) is 19.0. The molecule has 1 saturated carbocycles. The Hall–Kier alpha value is -2.73. The molecule has 2 fully saturated rings. The Morgan fingerprint density at radius 1 is 0.903 bits per heavy atom. The van der Waals surface area contributed by atoms with Gasteiger partial charge in [-0.25, -0.2) is 4.79 Å². The zero-order chi connectivity index (χ0) is 22.1. The van der Waals surface area contributed by atoms with Crippen LogP contribution in [0.3, 0.4) is 0 Å². The largest absolute Gasteiger partial charge is 0.497 e. The van der Waals surface area contributed by atoms with Crippen LogP contribution in [0.4, 0.5) is 4.79 Å². The Balaban J connectivity index is 1.46. The minimum Gasteiger partial charge on any atom is -0.497 e. The number of benzene rings is 2. The van der Waals surface area contributed by atoms with Crippen LogP contribution < -0.4 is 14.8 Å². The van der Waals surface area contributed by atoms with E-state index in [1.165, 1.54) is 5.56 Å². The zero-order valence-corrected chi connectivity index (χ0v) is 19.0. The Bertz CT molecular complexity index is 901. The molecule has 166 valence electrons. The molecule has 0 bridgehead atoms. The van der Waals surface area contributed by atoms with Crippen molar-refractivity contribution in [3.05, 3.63) is 59.7 Å². The predicted octanol–water partition coefficient (Wildman–Crippen LogP) is 4.00. The molecule has 0 radical (unpaired) electrons. The summed E-state index contributed by atoms with van der Waals surface area (Å²) >= 11 is 0. The number of urea groups is 1. The fourth-order valence-electron chi connectivity index (χ4n) is 5.18. The van der Waals surface area contributed by atoms with Gasteiger partial charge < -0.3 is 19.7 Å². The number of methoxy groups -OCH3 is 2. The van der Waals surface area contributed by atoms with Crippen LogP contribution in [-0.4, -0.2) is 56.2 Å². The molecule has 1 saturated heterocycles. The van der Waals surface area contributed by atoms with E-state index in [0.29, 0.717) is 6.54 Å². The summed E-state index contributed by atoms with van der Waals surface area (Å²) in [5.41, 5.74) is 2.26. The van der Waals surface area contributed by atoms with Gasteiger partial charge in [0.2, 0.25) is 0 Å². The van der Waals surface area contributed by atoms with Gasteiger partial charge in [-0.3, -0.25) is 4.90 Å². The first kappa shape index (κ1) is 21.5. The molecule has 31 heavy (non-hydrogen) atoms. The average molecular weight is 424 g/mol. The van der Waals surface area contributed by atoms with Crippen LogP contribution in [0.5, 0.6) is 11.5 Å². The molecule has 0 unspecified atom stereocenters. The van der Waals surface area contributed by atoms with Gasteiger partial charge in [-0.1, -0.05) is 24.3 Å². The van der Waals surface area contributed by atoms with Crippen LogP contribution in [0.2, 0.25) is 0 Å². The van der Waals surface area contributed by atoms with E-state index in [-0.39, 0.29) is 17.1 Å². The van der Waals surface area contributed by atoms with Gasteiger partial charge in [0.15, 0.2) is 0 Å². The van der Waals surface area contributed by atoms with Crippen LogP contribution in [0, 0.1) is 0 Å². The van der Waals surface area contributed by atoms with Crippen LogP contribution in [0.25, 0.3) is 0 Å². The van der Waals surface area contributed by atoms with Crippen molar-refractivity contribution in [3.63, 3.8) is 0 Å². The summed E-state index contributed by atoms with van der Waals surface area (Å²) in [4.78, 5) is 17.1. The Morgan fingerprint density at radius 3 is 1.97 bits per heavy atom. The fourth-order valence-corrected chi connectivity index (χ4v) is 5.18. The summed E-state index contributed by atoms with van der Waals surface area (Å²) in [6.45, 7) is 1.37. The van der Waals surface area contributed by atoms with Gasteiger partial charge in [-0.2, -0.15) is 0 Å². The number of nitrogens with one attached hydrogen (secondary N) is 1. The van der Waals surface area contributed by atoms with Crippen molar-refractivity contribution in [2.45, 2.75) is 43.3 Å². The van der Waals surface area contributed by atoms with E-state index in [9.17, 15) is 4.79 Å². The van der Waals surface area contributed by atoms with E-state index in [1.54, 1.807) is 14.2 Å². The molecule has 2 amide bonds. The number of rotatable bonds is 6. The molecule has 2 aromatic carbocycles. The Morgan fingerprint density at radius 2 is 1.45 bits per heavy atom. The van der Waals surface area contributed by atoms with Crippen LogP contribution in [-0.2, 0) is 12.1 Å². The Kier molecular flexibility index (Phi) is 5.84. The topological polar surface area (TPSA) is 54.0 Å². The summed E-state index contributed by atoms with van der Waals surface area (Å²) in [5.74, 6) is 1.71. The number of ether oxygens (including phenoxy) is 2. The minimum atomic E-state index is -0.143. The van der Waals surface area contributed by atoms with Crippen LogP contribution in [0.15, 0.2) is 48.5 Å². The second-order valence-corrected chi connectivity index (χ2v) is 9.07. The lowest BCUT2D eigenvalue weighted by molar-refractivity contribution is 0.0617. The summed E-state index contributed by atoms with van der Waals surface area (Å²) in [5, 5.41) is 3.33. The third-order valence-electron chi connectivity index (χ3n) is 7.20. The molecular formula is C25H33N3O3. The fraction of sp³-hybridized carbons (Fsp3) is 0.480. The van der Waals surface area contributed by atoms with Crippen molar-refractivity contribution in [2.24, 2.45) is 0 Å². The van der Waals surface area contributed by atoms with Gasteiger partial charge in [0, 0.05) is 18.6 Å². The van der Waals surface area contributed by atoms with Crippen LogP contribution >= 0.6 is 0 Å². The maximum Gasteiger partial charge on any atom is 0.318 e. The van der Waals surface area contributed by atoms with Gasteiger partial charge in [0.05, 0.1) is 19.8 Å². The molecular weight excluding hydrogens is 390 g/mol. The molecule has 1 aliphatic heterocycles. The minimum absolute atomic E-state index is 0.0222. The maximum atomic E-state index is 12.8. The van der Waals surface area contributed by atoms with Gasteiger partial charge in [-0.15, -0.1) is 0 Å². The normalized spacial score (nSPS) is 25.7. The number of nitrogens with zero attached hydrogens (tertiary/aromatic N) is 2. The number of carbonyl (C=O) groups is 1. The first-order valence-corrected chi connectivity index (χ1v) is 10.9. The third kappa shape index (κ3) is 4.09.